The number of halogens is 3. The van der Waals surface area contributed by atoms with E-state index < -0.39 is 17.8 Å². The molecule has 3 aromatic rings. The Labute approximate surface area is 146 Å². The molecule has 3 rings (SSSR count). The summed E-state index contributed by atoms with van der Waals surface area (Å²) in [5.74, 6) is 0.537. The van der Waals surface area contributed by atoms with Gasteiger partial charge in [-0.15, -0.1) is 0 Å². The van der Waals surface area contributed by atoms with Gasteiger partial charge in [-0.25, -0.2) is 4.79 Å². The number of methoxy groups -OCH3 is 1. The third-order valence-corrected chi connectivity index (χ3v) is 3.63. The molecule has 2 N–H and O–H groups in total. The summed E-state index contributed by atoms with van der Waals surface area (Å²) in [4.78, 5) is 16.4. The first-order chi connectivity index (χ1) is 12.4. The molecule has 26 heavy (non-hydrogen) atoms. The van der Waals surface area contributed by atoms with Crippen LogP contribution in [-0.2, 0) is 6.18 Å². The maximum atomic E-state index is 12.6. The number of hydrogen-bond acceptors (Lipinski definition) is 3. The summed E-state index contributed by atoms with van der Waals surface area (Å²) in [6, 6.07) is 10.5. The number of carbonyl (C=O) groups excluding carboxylic acids is 1. The summed E-state index contributed by atoms with van der Waals surface area (Å²) in [7, 11) is 1.50. The molecule has 1 aromatic heterocycles. The lowest BCUT2D eigenvalue weighted by Crippen LogP contribution is -2.20. The first kappa shape index (κ1) is 17.5. The molecule has 0 saturated carbocycles. The third kappa shape index (κ3) is 3.85. The number of hydrogen-bond donors (Lipinski definition) is 2. The molecule has 0 saturated heterocycles. The van der Waals surface area contributed by atoms with Gasteiger partial charge in [0.1, 0.15) is 5.75 Å². The lowest BCUT2D eigenvalue weighted by molar-refractivity contribution is -0.137. The Morgan fingerprint density at radius 1 is 1.08 bits per heavy atom. The van der Waals surface area contributed by atoms with Crippen LogP contribution in [0.2, 0.25) is 0 Å². The van der Waals surface area contributed by atoms with Crippen molar-refractivity contribution in [2.24, 2.45) is 0 Å². The molecule has 0 aliphatic rings. The van der Waals surface area contributed by atoms with Crippen LogP contribution in [0.25, 0.3) is 10.9 Å². The maximum absolute atomic E-state index is 12.6. The van der Waals surface area contributed by atoms with E-state index in [2.05, 4.69) is 15.6 Å². The van der Waals surface area contributed by atoms with Gasteiger partial charge in [-0.3, -0.25) is 4.98 Å². The number of urea groups is 1. The number of benzene rings is 2. The molecule has 2 aromatic carbocycles. The average Bonchev–Trinajstić information content (AvgIpc) is 2.61. The van der Waals surface area contributed by atoms with Crippen LogP contribution in [0.15, 0.2) is 54.7 Å². The maximum Gasteiger partial charge on any atom is 0.416 e. The first-order valence-corrected chi connectivity index (χ1v) is 7.55. The fourth-order valence-electron chi connectivity index (χ4n) is 2.41. The normalized spacial score (nSPS) is 11.2. The van der Waals surface area contributed by atoms with Gasteiger partial charge in [0.2, 0.25) is 0 Å². The minimum absolute atomic E-state index is 0.232. The predicted octanol–water partition coefficient (Wildman–Crippen LogP) is 4.91. The van der Waals surface area contributed by atoms with Gasteiger partial charge in [-0.2, -0.15) is 13.2 Å². The van der Waals surface area contributed by atoms with Crippen LogP contribution in [0.3, 0.4) is 0 Å². The zero-order valence-electron chi connectivity index (χ0n) is 13.6. The Balaban J connectivity index is 1.79. The second-order valence-electron chi connectivity index (χ2n) is 5.40. The SMILES string of the molecule is COc1cc(NC(=O)Nc2ccc(C(F)(F)F)cc2)c2ncccc2c1. The number of nitrogens with zero attached hydrogens (tertiary/aromatic N) is 1. The van der Waals surface area contributed by atoms with Gasteiger partial charge >= 0.3 is 12.2 Å². The van der Waals surface area contributed by atoms with Crippen molar-refractivity contribution in [2.75, 3.05) is 17.7 Å². The van der Waals surface area contributed by atoms with E-state index in [4.69, 9.17) is 4.74 Å². The highest BCUT2D eigenvalue weighted by molar-refractivity contribution is 6.05. The van der Waals surface area contributed by atoms with Crippen LogP contribution < -0.4 is 15.4 Å². The van der Waals surface area contributed by atoms with Gasteiger partial charge in [0.05, 0.1) is 23.9 Å². The second-order valence-corrected chi connectivity index (χ2v) is 5.40. The van der Waals surface area contributed by atoms with Crippen LogP contribution in [0.5, 0.6) is 5.75 Å². The molecule has 2 amide bonds. The van der Waals surface area contributed by atoms with E-state index in [1.54, 1.807) is 24.4 Å². The minimum Gasteiger partial charge on any atom is -0.497 e. The number of amides is 2. The Morgan fingerprint density at radius 3 is 2.46 bits per heavy atom. The van der Waals surface area contributed by atoms with E-state index in [1.165, 1.54) is 19.2 Å². The third-order valence-electron chi connectivity index (χ3n) is 3.63. The number of rotatable bonds is 3. The van der Waals surface area contributed by atoms with Crippen molar-refractivity contribution in [1.82, 2.24) is 4.98 Å². The number of ether oxygens (including phenoxy) is 1. The summed E-state index contributed by atoms with van der Waals surface area (Å²) < 4.78 is 42.9. The molecule has 5 nitrogen and oxygen atoms in total. The molecular weight excluding hydrogens is 347 g/mol. The molecule has 0 spiro atoms. The van der Waals surface area contributed by atoms with Crippen LogP contribution in [-0.4, -0.2) is 18.1 Å². The van der Waals surface area contributed by atoms with E-state index in [9.17, 15) is 18.0 Å². The van der Waals surface area contributed by atoms with E-state index in [0.717, 1.165) is 17.5 Å². The number of nitrogens with one attached hydrogen (secondary N) is 2. The number of fused-ring (bicyclic) bond motifs is 1. The fraction of sp³-hybridized carbons (Fsp3) is 0.111. The molecule has 134 valence electrons. The van der Waals surface area contributed by atoms with Crippen molar-refractivity contribution < 1.29 is 22.7 Å². The van der Waals surface area contributed by atoms with Crippen molar-refractivity contribution in [3.05, 3.63) is 60.3 Å². The minimum atomic E-state index is -4.42. The summed E-state index contributed by atoms with van der Waals surface area (Å²) in [5.41, 5.74) is 0.433. The average molecular weight is 361 g/mol. The van der Waals surface area contributed by atoms with Crippen molar-refractivity contribution >= 4 is 28.3 Å². The molecule has 0 atom stereocenters. The first-order valence-electron chi connectivity index (χ1n) is 7.55. The zero-order chi connectivity index (χ0) is 18.7. The summed E-state index contributed by atoms with van der Waals surface area (Å²) in [6.45, 7) is 0. The lowest BCUT2D eigenvalue weighted by atomic mass is 10.2. The van der Waals surface area contributed by atoms with Crippen LogP contribution >= 0.6 is 0 Å². The molecule has 0 unspecified atom stereocenters. The molecule has 0 aliphatic carbocycles. The fourth-order valence-corrected chi connectivity index (χ4v) is 2.41. The van der Waals surface area contributed by atoms with Crippen molar-refractivity contribution in [2.45, 2.75) is 6.18 Å². The quantitative estimate of drug-likeness (QED) is 0.697. The molecule has 0 fully saturated rings. The van der Waals surface area contributed by atoms with Crippen LogP contribution in [0.1, 0.15) is 5.56 Å². The smallest absolute Gasteiger partial charge is 0.416 e. The molecule has 0 bridgehead atoms. The molecule has 1 heterocycles. The Bertz CT molecular complexity index is 941. The van der Waals surface area contributed by atoms with Gasteiger partial charge in [-0.05, 0) is 36.4 Å². The number of alkyl halides is 3. The van der Waals surface area contributed by atoms with Gasteiger partial charge in [-0.1, -0.05) is 6.07 Å². The van der Waals surface area contributed by atoms with Gasteiger partial charge < -0.3 is 15.4 Å². The highest BCUT2D eigenvalue weighted by Crippen LogP contribution is 2.30. The Hall–Kier alpha value is -3.29. The highest BCUT2D eigenvalue weighted by atomic mass is 19.4. The standard InChI is InChI=1S/C18H14F3N3O2/c1-26-14-9-11-3-2-8-22-16(11)15(10-14)24-17(25)23-13-6-4-12(5-7-13)18(19,20)21/h2-10H,1H3,(H2,23,24,25). The number of pyridine rings is 1. The molecule has 0 aliphatic heterocycles. The summed E-state index contributed by atoms with van der Waals surface area (Å²) in [6.07, 6.45) is -2.83. The van der Waals surface area contributed by atoms with E-state index in [-0.39, 0.29) is 5.69 Å². The Morgan fingerprint density at radius 2 is 1.81 bits per heavy atom. The summed E-state index contributed by atoms with van der Waals surface area (Å²) >= 11 is 0. The number of anilines is 2. The predicted molar refractivity (Wildman–Crippen MR) is 92.4 cm³/mol. The van der Waals surface area contributed by atoms with E-state index >= 15 is 0 Å². The van der Waals surface area contributed by atoms with Crippen molar-refractivity contribution in [3.63, 3.8) is 0 Å². The van der Waals surface area contributed by atoms with E-state index in [1.807, 2.05) is 6.07 Å². The van der Waals surface area contributed by atoms with Gasteiger partial charge in [0.25, 0.3) is 0 Å². The summed E-state index contributed by atoms with van der Waals surface area (Å²) in [5, 5.41) is 5.90. The largest absolute Gasteiger partial charge is 0.497 e. The number of carbonyl (C=O) groups is 1. The second kappa shape index (κ2) is 6.91. The van der Waals surface area contributed by atoms with Gasteiger partial charge in [0, 0.05) is 23.3 Å². The lowest BCUT2D eigenvalue weighted by Gasteiger charge is -2.12. The Kier molecular flexibility index (Phi) is 4.66. The highest BCUT2D eigenvalue weighted by Gasteiger charge is 2.29. The van der Waals surface area contributed by atoms with Gasteiger partial charge in [0.15, 0.2) is 0 Å². The van der Waals surface area contributed by atoms with Crippen molar-refractivity contribution in [3.8, 4) is 5.75 Å². The van der Waals surface area contributed by atoms with E-state index in [0.29, 0.717) is 17.0 Å². The molecule has 0 radical (unpaired) electrons. The zero-order valence-corrected chi connectivity index (χ0v) is 13.6. The number of aromatic nitrogens is 1. The monoisotopic (exact) mass is 361 g/mol. The van der Waals surface area contributed by atoms with Crippen LogP contribution in [0, 0.1) is 0 Å². The topological polar surface area (TPSA) is 63.2 Å². The van der Waals surface area contributed by atoms with Crippen molar-refractivity contribution in [1.29, 1.82) is 0 Å². The molecular formula is C18H14F3N3O2. The van der Waals surface area contributed by atoms with Crippen LogP contribution in [0.4, 0.5) is 29.3 Å². The molecule has 8 heteroatoms.